The number of benzene rings is 1. The second-order valence-electron chi connectivity index (χ2n) is 4.19. The molecule has 0 saturated heterocycles. The number of hydrogen-bond donors (Lipinski definition) is 3. The highest BCUT2D eigenvalue weighted by Crippen LogP contribution is 2.22. The number of aryl methyl sites for hydroxylation is 2. The molecule has 7 heteroatoms. The van der Waals surface area contributed by atoms with E-state index >= 15 is 0 Å². The lowest BCUT2D eigenvalue weighted by molar-refractivity contribution is 0.601. The zero-order chi connectivity index (χ0) is 14.0. The topological polar surface area (TPSA) is 86.9 Å². The molecule has 0 spiro atoms. The molecule has 1 heterocycles. The molecule has 0 unspecified atom stereocenters. The van der Waals surface area contributed by atoms with Crippen LogP contribution in [0.4, 0.5) is 11.4 Å². The molecule has 0 radical (unpaired) electrons. The van der Waals surface area contributed by atoms with Crippen LogP contribution >= 0.6 is 0 Å². The Kier molecular flexibility index (Phi) is 3.48. The lowest BCUT2D eigenvalue weighted by Gasteiger charge is -2.08. The summed E-state index contributed by atoms with van der Waals surface area (Å²) in [6.07, 6.45) is 0. The van der Waals surface area contributed by atoms with E-state index in [4.69, 9.17) is 0 Å². The summed E-state index contributed by atoms with van der Waals surface area (Å²) in [5, 5.41) is 9.64. The Hall–Kier alpha value is -2.02. The monoisotopic (exact) mass is 280 g/mol. The highest BCUT2D eigenvalue weighted by Gasteiger charge is 2.17. The predicted molar refractivity (Wildman–Crippen MR) is 74.9 cm³/mol. The second-order valence-corrected chi connectivity index (χ2v) is 5.87. The van der Waals surface area contributed by atoms with Crippen LogP contribution in [0.15, 0.2) is 29.2 Å². The van der Waals surface area contributed by atoms with Gasteiger partial charge in [-0.05, 0) is 38.1 Å². The Balaban J connectivity index is 2.32. The van der Waals surface area contributed by atoms with Crippen LogP contribution in [0.1, 0.15) is 11.4 Å². The number of aromatic amines is 1. The van der Waals surface area contributed by atoms with Crippen molar-refractivity contribution in [2.24, 2.45) is 0 Å². The molecule has 1 aromatic heterocycles. The Morgan fingerprint density at radius 2 is 1.79 bits per heavy atom. The fourth-order valence-corrected chi connectivity index (χ4v) is 2.88. The van der Waals surface area contributed by atoms with Crippen LogP contribution in [0.3, 0.4) is 0 Å². The number of sulfonamides is 1. The van der Waals surface area contributed by atoms with Gasteiger partial charge < -0.3 is 5.32 Å². The molecule has 0 aliphatic rings. The molecule has 0 atom stereocenters. The van der Waals surface area contributed by atoms with E-state index in [-0.39, 0.29) is 4.90 Å². The number of nitrogens with zero attached hydrogens (tertiary/aromatic N) is 1. The lowest BCUT2D eigenvalue weighted by atomic mass is 10.3. The summed E-state index contributed by atoms with van der Waals surface area (Å²) in [7, 11) is -1.81. The van der Waals surface area contributed by atoms with Crippen molar-refractivity contribution in [2.75, 3.05) is 17.1 Å². The van der Waals surface area contributed by atoms with Crippen molar-refractivity contribution < 1.29 is 8.42 Å². The molecule has 19 heavy (non-hydrogen) atoms. The number of aromatic nitrogens is 2. The quantitative estimate of drug-likeness (QED) is 0.798. The zero-order valence-electron chi connectivity index (χ0n) is 11.0. The fourth-order valence-electron chi connectivity index (χ4n) is 1.70. The van der Waals surface area contributed by atoms with Crippen molar-refractivity contribution in [3.05, 3.63) is 35.7 Å². The molecule has 0 aliphatic heterocycles. The van der Waals surface area contributed by atoms with Gasteiger partial charge in [0.1, 0.15) is 0 Å². The largest absolute Gasteiger partial charge is 0.388 e. The Labute approximate surface area is 112 Å². The van der Waals surface area contributed by atoms with Crippen molar-refractivity contribution in [1.82, 2.24) is 10.2 Å². The van der Waals surface area contributed by atoms with Gasteiger partial charge in [0.25, 0.3) is 10.0 Å². The molecule has 2 aromatic rings. The summed E-state index contributed by atoms with van der Waals surface area (Å²) >= 11 is 0. The third kappa shape index (κ3) is 2.70. The first-order valence-corrected chi connectivity index (χ1v) is 7.24. The number of hydrogen-bond acceptors (Lipinski definition) is 4. The molecular weight excluding hydrogens is 264 g/mol. The van der Waals surface area contributed by atoms with Crippen molar-refractivity contribution >= 4 is 21.4 Å². The van der Waals surface area contributed by atoms with Gasteiger partial charge in [0.05, 0.1) is 22.0 Å². The van der Waals surface area contributed by atoms with Crippen LogP contribution in [-0.4, -0.2) is 25.7 Å². The van der Waals surface area contributed by atoms with E-state index < -0.39 is 10.0 Å². The second kappa shape index (κ2) is 4.93. The van der Waals surface area contributed by atoms with E-state index in [0.717, 1.165) is 5.69 Å². The summed E-state index contributed by atoms with van der Waals surface area (Å²) < 4.78 is 27.0. The van der Waals surface area contributed by atoms with E-state index in [1.165, 1.54) is 0 Å². The smallest absolute Gasteiger partial charge is 0.262 e. The molecular formula is C12H16N4O2S. The molecule has 0 bridgehead atoms. The van der Waals surface area contributed by atoms with Crippen molar-refractivity contribution in [1.29, 1.82) is 0 Å². The van der Waals surface area contributed by atoms with E-state index in [1.54, 1.807) is 45.2 Å². The third-order valence-corrected chi connectivity index (χ3v) is 4.18. The van der Waals surface area contributed by atoms with Crippen molar-refractivity contribution in [3.63, 3.8) is 0 Å². The van der Waals surface area contributed by atoms with Gasteiger partial charge in [-0.1, -0.05) is 0 Å². The van der Waals surface area contributed by atoms with Gasteiger partial charge in [-0.3, -0.25) is 9.82 Å². The highest BCUT2D eigenvalue weighted by atomic mass is 32.2. The molecule has 6 nitrogen and oxygen atoms in total. The molecule has 0 fully saturated rings. The molecule has 102 valence electrons. The summed E-state index contributed by atoms with van der Waals surface area (Å²) in [6, 6.07) is 6.53. The first-order chi connectivity index (χ1) is 8.94. The van der Waals surface area contributed by atoms with Crippen LogP contribution in [0, 0.1) is 13.8 Å². The van der Waals surface area contributed by atoms with Gasteiger partial charge in [0.2, 0.25) is 0 Å². The lowest BCUT2D eigenvalue weighted by Crippen LogP contribution is -2.14. The molecule has 2 rings (SSSR count). The minimum absolute atomic E-state index is 0.214. The molecule has 0 saturated carbocycles. The third-order valence-electron chi connectivity index (χ3n) is 2.82. The average Bonchev–Trinajstić information content (AvgIpc) is 2.70. The molecule has 0 aliphatic carbocycles. The van der Waals surface area contributed by atoms with Gasteiger partial charge in [-0.15, -0.1) is 0 Å². The SMILES string of the molecule is CNc1ccc(S(=O)(=O)Nc2c(C)n[nH]c2C)cc1. The maximum Gasteiger partial charge on any atom is 0.262 e. The minimum atomic E-state index is -3.59. The highest BCUT2D eigenvalue weighted by molar-refractivity contribution is 7.92. The van der Waals surface area contributed by atoms with E-state index in [9.17, 15) is 8.42 Å². The van der Waals surface area contributed by atoms with Gasteiger partial charge in [-0.25, -0.2) is 8.42 Å². The van der Waals surface area contributed by atoms with Crippen LogP contribution in [0.5, 0.6) is 0 Å². The molecule has 0 amide bonds. The van der Waals surface area contributed by atoms with Crippen molar-refractivity contribution in [3.8, 4) is 0 Å². The maximum atomic E-state index is 12.2. The number of rotatable bonds is 4. The van der Waals surface area contributed by atoms with E-state index in [0.29, 0.717) is 17.1 Å². The number of H-pyrrole nitrogens is 1. The maximum absolute atomic E-state index is 12.2. The van der Waals surface area contributed by atoms with Gasteiger partial charge in [-0.2, -0.15) is 5.10 Å². The summed E-state index contributed by atoms with van der Waals surface area (Å²) in [4.78, 5) is 0.214. The molecule has 1 aromatic carbocycles. The zero-order valence-corrected chi connectivity index (χ0v) is 11.8. The van der Waals surface area contributed by atoms with Gasteiger partial charge in [0.15, 0.2) is 0 Å². The van der Waals surface area contributed by atoms with Gasteiger partial charge in [0, 0.05) is 12.7 Å². The summed E-state index contributed by atoms with van der Waals surface area (Å²) in [6.45, 7) is 3.51. The van der Waals surface area contributed by atoms with Crippen LogP contribution in [-0.2, 0) is 10.0 Å². The molecule has 3 N–H and O–H groups in total. The average molecular weight is 280 g/mol. The van der Waals surface area contributed by atoms with Crippen LogP contribution < -0.4 is 10.0 Å². The Morgan fingerprint density at radius 1 is 1.16 bits per heavy atom. The van der Waals surface area contributed by atoms with Crippen molar-refractivity contribution in [2.45, 2.75) is 18.7 Å². The minimum Gasteiger partial charge on any atom is -0.388 e. The Bertz CT molecular complexity index is 655. The van der Waals surface area contributed by atoms with E-state index in [2.05, 4.69) is 20.2 Å². The predicted octanol–water partition coefficient (Wildman–Crippen LogP) is 1.87. The Morgan fingerprint density at radius 3 is 2.26 bits per heavy atom. The first-order valence-electron chi connectivity index (χ1n) is 5.76. The standard InChI is InChI=1S/C12H16N4O2S/c1-8-12(9(2)15-14-8)16-19(17,18)11-6-4-10(13-3)5-7-11/h4-7,13,16H,1-3H3,(H,14,15). The van der Waals surface area contributed by atoms with Gasteiger partial charge >= 0.3 is 0 Å². The van der Waals surface area contributed by atoms with Crippen LogP contribution in [0.25, 0.3) is 0 Å². The van der Waals surface area contributed by atoms with Crippen LogP contribution in [0.2, 0.25) is 0 Å². The summed E-state index contributed by atoms with van der Waals surface area (Å²) in [5.74, 6) is 0. The fraction of sp³-hybridized carbons (Fsp3) is 0.250. The summed E-state index contributed by atoms with van der Waals surface area (Å²) in [5.41, 5.74) is 2.66. The van der Waals surface area contributed by atoms with E-state index in [1.807, 2.05) is 0 Å². The number of anilines is 2. The normalized spacial score (nSPS) is 11.3. The number of nitrogens with one attached hydrogen (secondary N) is 3. The first kappa shape index (κ1) is 13.4.